The van der Waals surface area contributed by atoms with Crippen LogP contribution in [0, 0.1) is 6.92 Å². The summed E-state index contributed by atoms with van der Waals surface area (Å²) in [5, 5.41) is 7.43. The van der Waals surface area contributed by atoms with Crippen LogP contribution in [0.1, 0.15) is 12.5 Å². The third-order valence-corrected chi connectivity index (χ3v) is 2.27. The quantitative estimate of drug-likeness (QED) is 0.762. The van der Waals surface area contributed by atoms with E-state index < -0.39 is 0 Å². The van der Waals surface area contributed by atoms with Crippen molar-refractivity contribution >= 4 is 34.6 Å². The van der Waals surface area contributed by atoms with E-state index in [9.17, 15) is 0 Å². The molecule has 0 aromatic heterocycles. The molecule has 0 saturated heterocycles. The molecular weight excluding hydrogens is 216 g/mol. The lowest BCUT2D eigenvalue weighted by molar-refractivity contribution is 0.979. The Balaban J connectivity index is 2.75. The Morgan fingerprint density at radius 2 is 2.21 bits per heavy atom. The number of hydrogen-bond acceptors (Lipinski definition) is 1. The highest BCUT2D eigenvalue weighted by atomic mass is 35.5. The Labute approximate surface area is 94.7 Å². The van der Waals surface area contributed by atoms with Gasteiger partial charge >= 0.3 is 0 Å². The molecule has 0 radical (unpaired) electrons. The number of benzene rings is 1. The van der Waals surface area contributed by atoms with Crippen LogP contribution >= 0.6 is 23.8 Å². The largest absolute Gasteiger partial charge is 0.363 e. The Kier molecular flexibility index (Phi) is 4.17. The van der Waals surface area contributed by atoms with Crippen LogP contribution in [0.4, 0.5) is 5.69 Å². The minimum Gasteiger partial charge on any atom is -0.363 e. The summed E-state index contributed by atoms with van der Waals surface area (Å²) in [4.78, 5) is 0. The predicted molar refractivity (Wildman–Crippen MR) is 66.1 cm³/mol. The van der Waals surface area contributed by atoms with Crippen LogP contribution in [0.25, 0.3) is 0 Å². The zero-order chi connectivity index (χ0) is 10.6. The van der Waals surface area contributed by atoms with Gasteiger partial charge in [-0.2, -0.15) is 0 Å². The maximum atomic E-state index is 5.87. The summed E-state index contributed by atoms with van der Waals surface area (Å²) in [5.41, 5.74) is 2.07. The van der Waals surface area contributed by atoms with Crippen molar-refractivity contribution in [1.82, 2.24) is 5.32 Å². The molecule has 1 aromatic rings. The molecule has 14 heavy (non-hydrogen) atoms. The van der Waals surface area contributed by atoms with E-state index in [1.54, 1.807) is 0 Å². The van der Waals surface area contributed by atoms with Gasteiger partial charge in [0.2, 0.25) is 0 Å². The highest BCUT2D eigenvalue weighted by Crippen LogP contribution is 2.19. The highest BCUT2D eigenvalue weighted by molar-refractivity contribution is 7.80. The highest BCUT2D eigenvalue weighted by Gasteiger charge is 2.00. The first-order chi connectivity index (χ1) is 6.63. The number of halogens is 1. The van der Waals surface area contributed by atoms with E-state index in [0.29, 0.717) is 10.1 Å². The van der Waals surface area contributed by atoms with Crippen molar-refractivity contribution in [2.24, 2.45) is 0 Å². The summed E-state index contributed by atoms with van der Waals surface area (Å²) in [6, 6.07) is 5.68. The van der Waals surface area contributed by atoms with Gasteiger partial charge in [0.15, 0.2) is 5.11 Å². The second-order valence-corrected chi connectivity index (χ2v) is 3.79. The smallest absolute Gasteiger partial charge is 0.170 e. The van der Waals surface area contributed by atoms with Gasteiger partial charge in [-0.25, -0.2) is 0 Å². The molecule has 2 N–H and O–H groups in total. The van der Waals surface area contributed by atoms with Crippen LogP contribution < -0.4 is 10.6 Å². The zero-order valence-corrected chi connectivity index (χ0v) is 9.80. The second-order valence-electron chi connectivity index (χ2n) is 2.94. The molecule has 0 amide bonds. The van der Waals surface area contributed by atoms with Crippen molar-refractivity contribution in [3.05, 3.63) is 28.8 Å². The predicted octanol–water partition coefficient (Wildman–Crippen LogP) is 2.95. The molecule has 0 fully saturated rings. The zero-order valence-electron chi connectivity index (χ0n) is 8.23. The molecule has 0 heterocycles. The molecule has 1 aromatic carbocycles. The molecule has 0 aliphatic heterocycles. The van der Waals surface area contributed by atoms with Gasteiger partial charge in [0.05, 0.1) is 0 Å². The maximum absolute atomic E-state index is 5.87. The third-order valence-electron chi connectivity index (χ3n) is 1.79. The van der Waals surface area contributed by atoms with Gasteiger partial charge in [0.1, 0.15) is 0 Å². The van der Waals surface area contributed by atoms with Crippen molar-refractivity contribution in [2.75, 3.05) is 11.9 Å². The number of rotatable bonds is 2. The van der Waals surface area contributed by atoms with E-state index in [4.69, 9.17) is 23.8 Å². The normalized spacial score (nSPS) is 9.64. The summed E-state index contributed by atoms with van der Waals surface area (Å²) in [7, 11) is 0. The van der Waals surface area contributed by atoms with Crippen molar-refractivity contribution < 1.29 is 0 Å². The molecule has 0 atom stereocenters. The Morgan fingerprint density at radius 3 is 2.86 bits per heavy atom. The van der Waals surface area contributed by atoms with Crippen molar-refractivity contribution in [3.8, 4) is 0 Å². The number of anilines is 1. The molecule has 4 heteroatoms. The van der Waals surface area contributed by atoms with E-state index in [-0.39, 0.29) is 0 Å². The Hall–Kier alpha value is -0.800. The van der Waals surface area contributed by atoms with Crippen molar-refractivity contribution in [1.29, 1.82) is 0 Å². The SMILES string of the molecule is CCNC(=S)Nc1cc(Cl)ccc1C. The second kappa shape index (κ2) is 5.17. The summed E-state index contributed by atoms with van der Waals surface area (Å²) in [6.45, 7) is 4.82. The van der Waals surface area contributed by atoms with Gasteiger partial charge < -0.3 is 10.6 Å². The van der Waals surface area contributed by atoms with Gasteiger partial charge in [0.25, 0.3) is 0 Å². The monoisotopic (exact) mass is 228 g/mol. The first-order valence-corrected chi connectivity index (χ1v) is 5.23. The van der Waals surface area contributed by atoms with Gasteiger partial charge in [-0.3, -0.25) is 0 Å². The summed E-state index contributed by atoms with van der Waals surface area (Å²) in [6.07, 6.45) is 0. The Morgan fingerprint density at radius 1 is 1.50 bits per heavy atom. The number of thiocarbonyl (C=S) groups is 1. The van der Waals surface area contributed by atoms with E-state index in [2.05, 4.69) is 10.6 Å². The van der Waals surface area contributed by atoms with Gasteiger partial charge in [-0.15, -0.1) is 0 Å². The fraction of sp³-hybridized carbons (Fsp3) is 0.300. The lowest BCUT2D eigenvalue weighted by Crippen LogP contribution is -2.28. The molecule has 0 aliphatic rings. The minimum absolute atomic E-state index is 0.623. The van der Waals surface area contributed by atoms with E-state index in [1.165, 1.54) is 0 Å². The minimum atomic E-state index is 0.623. The van der Waals surface area contributed by atoms with Crippen LogP contribution in [0.2, 0.25) is 5.02 Å². The summed E-state index contributed by atoms with van der Waals surface area (Å²) >= 11 is 10.9. The van der Waals surface area contributed by atoms with Crippen LogP contribution in [-0.4, -0.2) is 11.7 Å². The third kappa shape index (κ3) is 3.16. The van der Waals surface area contributed by atoms with Gasteiger partial charge in [0, 0.05) is 17.3 Å². The maximum Gasteiger partial charge on any atom is 0.170 e. The molecule has 0 aliphatic carbocycles. The molecule has 0 spiro atoms. The van der Waals surface area contributed by atoms with Crippen molar-refractivity contribution in [3.63, 3.8) is 0 Å². The molecule has 0 bridgehead atoms. The van der Waals surface area contributed by atoms with Crippen LogP contribution in [0.3, 0.4) is 0 Å². The van der Waals surface area contributed by atoms with Crippen molar-refractivity contribution in [2.45, 2.75) is 13.8 Å². The number of hydrogen-bond donors (Lipinski definition) is 2. The topological polar surface area (TPSA) is 24.1 Å². The number of nitrogens with one attached hydrogen (secondary N) is 2. The molecular formula is C10H13ClN2S. The average Bonchev–Trinajstić information content (AvgIpc) is 2.12. The number of aryl methyl sites for hydroxylation is 1. The molecule has 76 valence electrons. The lowest BCUT2D eigenvalue weighted by Gasteiger charge is -2.11. The first kappa shape index (κ1) is 11.3. The molecule has 1 rings (SSSR count). The lowest BCUT2D eigenvalue weighted by atomic mass is 10.2. The first-order valence-electron chi connectivity index (χ1n) is 4.44. The van der Waals surface area contributed by atoms with E-state index in [1.807, 2.05) is 32.0 Å². The summed E-state index contributed by atoms with van der Waals surface area (Å²) < 4.78 is 0. The molecule has 2 nitrogen and oxygen atoms in total. The fourth-order valence-corrected chi connectivity index (χ4v) is 1.48. The van der Waals surface area contributed by atoms with E-state index >= 15 is 0 Å². The van der Waals surface area contributed by atoms with Crippen LogP contribution in [0.15, 0.2) is 18.2 Å². The Bertz CT molecular complexity index is 339. The van der Waals surface area contributed by atoms with Gasteiger partial charge in [-0.1, -0.05) is 17.7 Å². The van der Waals surface area contributed by atoms with Gasteiger partial charge in [-0.05, 0) is 43.8 Å². The fourth-order valence-electron chi connectivity index (χ4n) is 1.06. The van der Waals surface area contributed by atoms with E-state index in [0.717, 1.165) is 17.8 Å². The standard InChI is InChI=1S/C10H13ClN2S/c1-3-12-10(14)13-9-6-8(11)5-4-7(9)2/h4-6H,3H2,1-2H3,(H2,12,13,14). The molecule has 0 saturated carbocycles. The molecule has 0 unspecified atom stereocenters. The average molecular weight is 229 g/mol. The van der Waals surface area contributed by atoms with Crippen LogP contribution in [0.5, 0.6) is 0 Å². The van der Waals surface area contributed by atoms with Crippen LogP contribution in [-0.2, 0) is 0 Å². The summed E-state index contributed by atoms with van der Waals surface area (Å²) in [5.74, 6) is 0.